The molecule has 1 N–H and O–H groups in total. The van der Waals surface area contributed by atoms with Crippen molar-refractivity contribution in [1.29, 1.82) is 0 Å². The van der Waals surface area contributed by atoms with Gasteiger partial charge in [-0.15, -0.1) is 0 Å². The fourth-order valence-corrected chi connectivity index (χ4v) is 6.96. The van der Waals surface area contributed by atoms with Crippen LogP contribution in [0.5, 0.6) is 0 Å². The van der Waals surface area contributed by atoms with Crippen molar-refractivity contribution >= 4 is 29.1 Å². The summed E-state index contributed by atoms with van der Waals surface area (Å²) >= 11 is 13.5. The van der Waals surface area contributed by atoms with Gasteiger partial charge in [0, 0.05) is 35.6 Å². The molecule has 0 aliphatic carbocycles. The summed E-state index contributed by atoms with van der Waals surface area (Å²) in [7, 11) is 0. The third-order valence-electron chi connectivity index (χ3n) is 7.92. The summed E-state index contributed by atoms with van der Waals surface area (Å²) in [4.78, 5) is 14.5. The molecule has 0 radical (unpaired) electrons. The quantitative estimate of drug-likeness (QED) is 0.354. The van der Waals surface area contributed by atoms with Crippen LogP contribution in [0.15, 0.2) is 72.8 Å². The van der Waals surface area contributed by atoms with Gasteiger partial charge < -0.3 is 5.32 Å². The SMILES string of the molecule is CC(=O)NCC1(Cc2ccc(F)cc2)C[C@H]2CC[C@@H](C1)N2C(c1ccccc1Cl)c1ccccc1Cl. The van der Waals surface area contributed by atoms with E-state index in [1.54, 1.807) is 6.92 Å². The van der Waals surface area contributed by atoms with Gasteiger partial charge in [0.05, 0.1) is 6.04 Å². The lowest BCUT2D eigenvalue weighted by Crippen LogP contribution is -2.53. The standard InChI is InChI=1S/C30H31Cl2FN2O/c1-20(36)34-19-30(16-21-10-12-22(33)13-11-21)17-23-14-15-24(18-30)35(23)29(25-6-2-4-8-27(25)31)26-7-3-5-9-28(26)32/h2-13,23-24,29H,14-19H2,1H3,(H,34,36)/t23-,24+,30?. The van der Waals surface area contributed by atoms with Crippen molar-refractivity contribution in [3.05, 3.63) is 105 Å². The predicted octanol–water partition coefficient (Wildman–Crippen LogP) is 7.21. The number of rotatable bonds is 7. The highest BCUT2D eigenvalue weighted by Crippen LogP contribution is 2.52. The van der Waals surface area contributed by atoms with E-state index in [2.05, 4.69) is 22.3 Å². The number of hydrogen-bond acceptors (Lipinski definition) is 2. The van der Waals surface area contributed by atoms with Crippen molar-refractivity contribution in [1.82, 2.24) is 10.2 Å². The molecule has 36 heavy (non-hydrogen) atoms. The first-order chi connectivity index (χ1) is 17.3. The predicted molar refractivity (Wildman–Crippen MR) is 144 cm³/mol. The number of carbonyl (C=O) groups is 1. The molecule has 3 aromatic carbocycles. The Kier molecular flexibility index (Phi) is 7.39. The zero-order valence-corrected chi connectivity index (χ0v) is 21.9. The van der Waals surface area contributed by atoms with Crippen LogP contribution in [0.1, 0.15) is 55.3 Å². The largest absolute Gasteiger partial charge is 0.356 e. The number of fused-ring (bicyclic) bond motifs is 2. The molecule has 2 aliphatic heterocycles. The molecule has 0 aromatic heterocycles. The third kappa shape index (κ3) is 5.18. The molecular formula is C30H31Cl2FN2O. The highest BCUT2D eigenvalue weighted by atomic mass is 35.5. The molecule has 3 nitrogen and oxygen atoms in total. The first kappa shape index (κ1) is 25.3. The van der Waals surface area contributed by atoms with Crippen molar-refractivity contribution in [2.24, 2.45) is 5.41 Å². The summed E-state index contributed by atoms with van der Waals surface area (Å²) in [5.41, 5.74) is 3.13. The molecule has 3 atom stereocenters. The molecule has 3 aromatic rings. The van der Waals surface area contributed by atoms with Gasteiger partial charge in [0.25, 0.3) is 0 Å². The number of benzene rings is 3. The summed E-state index contributed by atoms with van der Waals surface area (Å²) in [6.07, 6.45) is 4.85. The lowest BCUT2D eigenvalue weighted by Gasteiger charge is -2.50. The third-order valence-corrected chi connectivity index (χ3v) is 8.60. The molecule has 188 valence electrons. The van der Waals surface area contributed by atoms with E-state index in [0.29, 0.717) is 18.6 Å². The average molecular weight is 525 g/mol. The second-order valence-corrected chi connectivity index (χ2v) is 11.2. The highest BCUT2D eigenvalue weighted by molar-refractivity contribution is 6.32. The van der Waals surface area contributed by atoms with Crippen LogP contribution in [0.4, 0.5) is 4.39 Å². The van der Waals surface area contributed by atoms with Gasteiger partial charge in [-0.3, -0.25) is 9.69 Å². The van der Waals surface area contributed by atoms with Crippen LogP contribution >= 0.6 is 23.2 Å². The summed E-state index contributed by atoms with van der Waals surface area (Å²) in [6.45, 7) is 2.18. The fraction of sp³-hybridized carbons (Fsp3) is 0.367. The van der Waals surface area contributed by atoms with Gasteiger partial charge in [0.1, 0.15) is 5.82 Å². The van der Waals surface area contributed by atoms with E-state index in [1.165, 1.54) is 12.1 Å². The van der Waals surface area contributed by atoms with Gasteiger partial charge in [-0.05, 0) is 78.5 Å². The Balaban J connectivity index is 1.52. The van der Waals surface area contributed by atoms with Gasteiger partial charge in [-0.25, -0.2) is 4.39 Å². The van der Waals surface area contributed by atoms with Gasteiger partial charge >= 0.3 is 0 Å². The topological polar surface area (TPSA) is 32.3 Å². The van der Waals surface area contributed by atoms with Crippen LogP contribution in [0.25, 0.3) is 0 Å². The van der Waals surface area contributed by atoms with Crippen LogP contribution in [0, 0.1) is 11.2 Å². The maximum absolute atomic E-state index is 13.6. The molecule has 2 bridgehead atoms. The monoisotopic (exact) mass is 524 g/mol. The minimum atomic E-state index is -0.230. The van der Waals surface area contributed by atoms with Gasteiger partial charge in [0.2, 0.25) is 5.91 Å². The first-order valence-electron chi connectivity index (χ1n) is 12.6. The van der Waals surface area contributed by atoms with E-state index in [-0.39, 0.29) is 23.2 Å². The van der Waals surface area contributed by atoms with Crippen molar-refractivity contribution in [3.8, 4) is 0 Å². The van der Waals surface area contributed by atoms with E-state index < -0.39 is 0 Å². The van der Waals surface area contributed by atoms with Crippen LogP contribution in [-0.2, 0) is 11.2 Å². The maximum atomic E-state index is 13.6. The second kappa shape index (κ2) is 10.5. The van der Waals surface area contributed by atoms with Crippen LogP contribution in [0.3, 0.4) is 0 Å². The first-order valence-corrected chi connectivity index (χ1v) is 13.4. The molecule has 2 saturated heterocycles. The Morgan fingerprint density at radius 1 is 0.944 bits per heavy atom. The molecule has 5 rings (SSSR count). The normalized spacial score (nSPS) is 23.7. The van der Waals surface area contributed by atoms with Crippen LogP contribution in [-0.4, -0.2) is 29.4 Å². The van der Waals surface area contributed by atoms with Crippen molar-refractivity contribution in [2.45, 2.75) is 57.2 Å². The number of amides is 1. The van der Waals surface area contributed by atoms with E-state index in [9.17, 15) is 9.18 Å². The van der Waals surface area contributed by atoms with Crippen LogP contribution < -0.4 is 5.32 Å². The zero-order chi connectivity index (χ0) is 25.3. The van der Waals surface area contributed by atoms with E-state index >= 15 is 0 Å². The highest BCUT2D eigenvalue weighted by Gasteiger charge is 2.51. The van der Waals surface area contributed by atoms with Gasteiger partial charge in [-0.1, -0.05) is 71.7 Å². The molecule has 0 saturated carbocycles. The lowest BCUT2D eigenvalue weighted by atomic mass is 9.70. The maximum Gasteiger partial charge on any atom is 0.216 e. The van der Waals surface area contributed by atoms with Crippen molar-refractivity contribution in [3.63, 3.8) is 0 Å². The summed E-state index contributed by atoms with van der Waals surface area (Å²) in [5, 5.41) is 4.59. The minimum Gasteiger partial charge on any atom is -0.356 e. The van der Waals surface area contributed by atoms with Crippen molar-refractivity contribution in [2.75, 3.05) is 6.54 Å². The minimum absolute atomic E-state index is 0.0201. The van der Waals surface area contributed by atoms with E-state index in [1.807, 2.05) is 48.5 Å². The molecule has 2 heterocycles. The lowest BCUT2D eigenvalue weighted by molar-refractivity contribution is -0.119. The Labute approximate surface area is 222 Å². The Bertz CT molecular complexity index is 1170. The second-order valence-electron chi connectivity index (χ2n) is 10.4. The van der Waals surface area contributed by atoms with Gasteiger partial charge in [0.15, 0.2) is 0 Å². The number of halogens is 3. The van der Waals surface area contributed by atoms with Crippen LogP contribution in [0.2, 0.25) is 10.0 Å². The molecule has 1 amide bonds. The summed E-state index contributed by atoms with van der Waals surface area (Å²) < 4.78 is 13.6. The Hall–Kier alpha value is -2.40. The number of nitrogens with one attached hydrogen (secondary N) is 1. The molecule has 2 fully saturated rings. The zero-order valence-electron chi connectivity index (χ0n) is 20.4. The summed E-state index contributed by atoms with van der Waals surface area (Å²) in [6, 6.07) is 23.5. The van der Waals surface area contributed by atoms with Crippen molar-refractivity contribution < 1.29 is 9.18 Å². The Morgan fingerprint density at radius 3 is 1.97 bits per heavy atom. The smallest absolute Gasteiger partial charge is 0.216 e. The number of carbonyl (C=O) groups excluding carboxylic acids is 1. The molecule has 2 aliphatic rings. The Morgan fingerprint density at radius 2 is 1.47 bits per heavy atom. The number of hydrogen-bond donors (Lipinski definition) is 1. The molecule has 6 heteroatoms. The van der Waals surface area contributed by atoms with E-state index in [4.69, 9.17) is 23.2 Å². The average Bonchev–Trinajstić information content (AvgIpc) is 3.12. The van der Waals surface area contributed by atoms with Gasteiger partial charge in [-0.2, -0.15) is 0 Å². The fourth-order valence-electron chi connectivity index (χ4n) is 6.48. The molecular weight excluding hydrogens is 494 g/mol. The number of nitrogens with zero attached hydrogens (tertiary/aromatic N) is 1. The molecule has 1 unspecified atom stereocenters. The number of piperidine rings is 1. The van der Waals surface area contributed by atoms with E-state index in [0.717, 1.165) is 58.8 Å². The molecule has 0 spiro atoms. The summed E-state index contributed by atoms with van der Waals surface area (Å²) in [5.74, 6) is -0.250.